The smallest absolute Gasteiger partial charge is 0.137 e. The molecule has 0 bridgehead atoms. The molecule has 2 N–H and O–H groups in total. The average molecular weight is 377 g/mol. The predicted molar refractivity (Wildman–Crippen MR) is 74.2 cm³/mol. The molecule has 2 rings (SSSR count). The Balaban J connectivity index is 2.41. The lowest BCUT2D eigenvalue weighted by molar-refractivity contribution is 0.597. The summed E-state index contributed by atoms with van der Waals surface area (Å²) in [5.41, 5.74) is 7.00. The fourth-order valence-electron chi connectivity index (χ4n) is 1.64. The van der Waals surface area contributed by atoms with Crippen molar-refractivity contribution in [1.29, 1.82) is 0 Å². The Morgan fingerprint density at radius 3 is 2.28 bits per heavy atom. The van der Waals surface area contributed by atoms with Crippen LogP contribution in [-0.4, -0.2) is 0 Å². The molecule has 1 atom stereocenters. The summed E-state index contributed by atoms with van der Waals surface area (Å²) in [5, 5.41) is 0. The van der Waals surface area contributed by atoms with Crippen molar-refractivity contribution in [3.8, 4) is 0 Å². The molecule has 2 aromatic carbocycles. The Bertz CT molecular complexity index is 587. The molecular formula is C13H9Br2F2N. The third-order valence-electron chi connectivity index (χ3n) is 2.60. The molecule has 0 aliphatic carbocycles. The van der Waals surface area contributed by atoms with Gasteiger partial charge in [0.15, 0.2) is 0 Å². The number of halogens is 4. The molecule has 5 heteroatoms. The van der Waals surface area contributed by atoms with E-state index >= 15 is 0 Å². The van der Waals surface area contributed by atoms with Crippen molar-refractivity contribution in [2.24, 2.45) is 5.73 Å². The number of nitrogens with two attached hydrogens (primary N) is 1. The van der Waals surface area contributed by atoms with Crippen molar-refractivity contribution in [2.75, 3.05) is 0 Å². The van der Waals surface area contributed by atoms with Crippen LogP contribution in [0.4, 0.5) is 8.78 Å². The molecular weight excluding hydrogens is 368 g/mol. The van der Waals surface area contributed by atoms with Crippen LogP contribution in [0.2, 0.25) is 0 Å². The third-order valence-corrected chi connectivity index (χ3v) is 3.70. The van der Waals surface area contributed by atoms with Gasteiger partial charge in [-0.2, -0.15) is 0 Å². The molecule has 0 amide bonds. The zero-order chi connectivity index (χ0) is 13.3. The Morgan fingerprint density at radius 1 is 0.944 bits per heavy atom. The second-order valence-corrected chi connectivity index (χ2v) is 5.59. The molecule has 1 unspecified atom stereocenters. The van der Waals surface area contributed by atoms with Crippen molar-refractivity contribution in [3.05, 3.63) is 68.1 Å². The summed E-state index contributed by atoms with van der Waals surface area (Å²) in [5.74, 6) is -0.764. The first kappa shape index (κ1) is 13.6. The third kappa shape index (κ3) is 2.79. The zero-order valence-corrected chi connectivity index (χ0v) is 12.3. The largest absolute Gasteiger partial charge is 0.320 e. The van der Waals surface area contributed by atoms with Gasteiger partial charge >= 0.3 is 0 Å². The van der Waals surface area contributed by atoms with E-state index in [1.54, 1.807) is 24.3 Å². The topological polar surface area (TPSA) is 26.0 Å². The van der Waals surface area contributed by atoms with Gasteiger partial charge in [-0.3, -0.25) is 0 Å². The Kier molecular flexibility index (Phi) is 4.14. The van der Waals surface area contributed by atoms with Crippen LogP contribution in [0.3, 0.4) is 0 Å². The number of hydrogen-bond acceptors (Lipinski definition) is 1. The van der Waals surface area contributed by atoms with Crippen LogP contribution in [0, 0.1) is 11.6 Å². The minimum atomic E-state index is -0.630. The summed E-state index contributed by atoms with van der Waals surface area (Å²) >= 11 is 6.27. The lowest BCUT2D eigenvalue weighted by Gasteiger charge is -2.14. The fourth-order valence-corrected chi connectivity index (χ4v) is 2.37. The van der Waals surface area contributed by atoms with E-state index in [0.29, 0.717) is 20.1 Å². The van der Waals surface area contributed by atoms with Crippen LogP contribution < -0.4 is 5.73 Å². The molecule has 0 saturated heterocycles. The van der Waals surface area contributed by atoms with Gasteiger partial charge in [-0.15, -0.1) is 0 Å². The van der Waals surface area contributed by atoms with Crippen LogP contribution in [0.15, 0.2) is 45.3 Å². The number of benzene rings is 2. The van der Waals surface area contributed by atoms with Gasteiger partial charge in [0.25, 0.3) is 0 Å². The standard InChI is InChI=1S/C13H9Br2F2N/c14-8-2-3-9(12(17)6-8)13(18)7-1-4-11(16)10(15)5-7/h1-6,13H,18H2. The minimum Gasteiger partial charge on any atom is -0.320 e. The van der Waals surface area contributed by atoms with Gasteiger partial charge in [0, 0.05) is 10.0 Å². The van der Waals surface area contributed by atoms with Gasteiger partial charge in [0.1, 0.15) is 11.6 Å². The SMILES string of the molecule is NC(c1ccc(F)c(Br)c1)c1ccc(Br)cc1F. The van der Waals surface area contributed by atoms with Crippen LogP contribution in [0.5, 0.6) is 0 Å². The molecule has 0 spiro atoms. The van der Waals surface area contributed by atoms with E-state index < -0.39 is 11.9 Å². The van der Waals surface area contributed by atoms with Crippen LogP contribution in [0.1, 0.15) is 17.2 Å². The van der Waals surface area contributed by atoms with E-state index in [2.05, 4.69) is 31.9 Å². The lowest BCUT2D eigenvalue weighted by atomic mass is 9.99. The normalized spacial score (nSPS) is 12.5. The number of rotatable bonds is 2. The quantitative estimate of drug-likeness (QED) is 0.818. The molecule has 94 valence electrons. The van der Waals surface area contributed by atoms with Gasteiger partial charge in [-0.05, 0) is 45.8 Å². The van der Waals surface area contributed by atoms with Gasteiger partial charge < -0.3 is 5.73 Å². The molecule has 1 nitrogen and oxygen atoms in total. The molecule has 0 fully saturated rings. The van der Waals surface area contributed by atoms with E-state index in [-0.39, 0.29) is 5.82 Å². The zero-order valence-electron chi connectivity index (χ0n) is 9.13. The Labute approximate surface area is 120 Å². The van der Waals surface area contributed by atoms with Crippen molar-refractivity contribution >= 4 is 31.9 Å². The van der Waals surface area contributed by atoms with Crippen molar-refractivity contribution in [3.63, 3.8) is 0 Å². The van der Waals surface area contributed by atoms with E-state index in [9.17, 15) is 8.78 Å². The van der Waals surface area contributed by atoms with Crippen LogP contribution in [0.25, 0.3) is 0 Å². The average Bonchev–Trinajstić information content (AvgIpc) is 2.32. The number of hydrogen-bond donors (Lipinski definition) is 1. The summed E-state index contributed by atoms with van der Waals surface area (Å²) in [6.07, 6.45) is 0. The van der Waals surface area contributed by atoms with Crippen LogP contribution >= 0.6 is 31.9 Å². The molecule has 0 heterocycles. The Morgan fingerprint density at radius 2 is 1.67 bits per heavy atom. The summed E-state index contributed by atoms with van der Waals surface area (Å²) in [7, 11) is 0. The maximum absolute atomic E-state index is 13.8. The summed E-state index contributed by atoms with van der Waals surface area (Å²) in [4.78, 5) is 0. The van der Waals surface area contributed by atoms with Crippen LogP contribution in [-0.2, 0) is 0 Å². The molecule has 0 saturated carbocycles. The molecule has 2 aromatic rings. The van der Waals surface area contributed by atoms with Crippen molar-refractivity contribution < 1.29 is 8.78 Å². The molecule has 0 aliphatic heterocycles. The van der Waals surface area contributed by atoms with Crippen molar-refractivity contribution in [2.45, 2.75) is 6.04 Å². The summed E-state index contributed by atoms with van der Waals surface area (Å²) in [6.45, 7) is 0. The highest BCUT2D eigenvalue weighted by molar-refractivity contribution is 9.10. The van der Waals surface area contributed by atoms with Gasteiger partial charge in [-0.1, -0.05) is 28.1 Å². The minimum absolute atomic E-state index is 0.313. The van der Waals surface area contributed by atoms with Gasteiger partial charge in [-0.25, -0.2) is 8.78 Å². The maximum atomic E-state index is 13.8. The van der Waals surface area contributed by atoms with Crippen molar-refractivity contribution in [1.82, 2.24) is 0 Å². The van der Waals surface area contributed by atoms with E-state index in [1.165, 1.54) is 12.1 Å². The summed E-state index contributed by atoms with van der Waals surface area (Å²) < 4.78 is 27.9. The first-order valence-electron chi connectivity index (χ1n) is 5.14. The monoisotopic (exact) mass is 375 g/mol. The molecule has 0 aromatic heterocycles. The lowest BCUT2D eigenvalue weighted by Crippen LogP contribution is -2.13. The second kappa shape index (κ2) is 5.47. The Hall–Kier alpha value is -0.780. The summed E-state index contributed by atoms with van der Waals surface area (Å²) in [6, 6.07) is 8.46. The first-order chi connectivity index (χ1) is 8.49. The fraction of sp³-hybridized carbons (Fsp3) is 0.0769. The predicted octanol–water partition coefficient (Wildman–Crippen LogP) is 4.54. The first-order valence-corrected chi connectivity index (χ1v) is 6.73. The van der Waals surface area contributed by atoms with E-state index in [4.69, 9.17) is 5.73 Å². The van der Waals surface area contributed by atoms with Gasteiger partial charge in [0.05, 0.1) is 10.5 Å². The van der Waals surface area contributed by atoms with Gasteiger partial charge in [0.2, 0.25) is 0 Å². The molecule has 18 heavy (non-hydrogen) atoms. The molecule has 0 radical (unpaired) electrons. The highest BCUT2D eigenvalue weighted by atomic mass is 79.9. The second-order valence-electron chi connectivity index (χ2n) is 3.82. The maximum Gasteiger partial charge on any atom is 0.137 e. The highest BCUT2D eigenvalue weighted by Crippen LogP contribution is 2.27. The highest BCUT2D eigenvalue weighted by Gasteiger charge is 2.15. The molecule has 0 aliphatic rings. The van der Waals surface area contributed by atoms with E-state index in [0.717, 1.165) is 0 Å². The van der Waals surface area contributed by atoms with E-state index in [1.807, 2.05) is 0 Å².